The Kier molecular flexibility index (Phi) is 9.05. The van der Waals surface area contributed by atoms with Gasteiger partial charge in [-0.25, -0.2) is 4.39 Å². The molecule has 0 aromatic heterocycles. The second-order valence-corrected chi connectivity index (χ2v) is 5.49. The summed E-state index contributed by atoms with van der Waals surface area (Å²) in [6.45, 7) is 6.93. The Morgan fingerprint density at radius 2 is 2.13 bits per heavy atom. The SMILES string of the molecule is CCNC(=NCCCN(C)c1ccccc1F)NC(C)COC. The fourth-order valence-corrected chi connectivity index (χ4v) is 2.23. The predicted octanol–water partition coefficient (Wildman–Crippen LogP) is 2.24. The molecule has 0 spiro atoms. The number of guanidine groups is 1. The molecule has 0 saturated heterocycles. The lowest BCUT2D eigenvalue weighted by Crippen LogP contribution is -2.44. The maximum absolute atomic E-state index is 13.7. The lowest BCUT2D eigenvalue weighted by molar-refractivity contribution is 0.179. The maximum atomic E-state index is 13.7. The molecule has 0 aliphatic heterocycles. The van der Waals surface area contributed by atoms with Gasteiger partial charge >= 0.3 is 0 Å². The molecule has 0 bridgehead atoms. The van der Waals surface area contributed by atoms with Gasteiger partial charge in [0.1, 0.15) is 5.82 Å². The summed E-state index contributed by atoms with van der Waals surface area (Å²) in [5.41, 5.74) is 0.621. The van der Waals surface area contributed by atoms with Gasteiger partial charge < -0.3 is 20.3 Å². The first-order valence-corrected chi connectivity index (χ1v) is 8.08. The summed E-state index contributed by atoms with van der Waals surface area (Å²) in [6, 6.07) is 7.01. The highest BCUT2D eigenvalue weighted by Gasteiger charge is 2.06. The van der Waals surface area contributed by atoms with E-state index in [1.807, 2.05) is 31.9 Å². The third-order valence-electron chi connectivity index (χ3n) is 3.33. The van der Waals surface area contributed by atoms with E-state index in [2.05, 4.69) is 15.6 Å². The van der Waals surface area contributed by atoms with Crippen LogP contribution in [0.3, 0.4) is 0 Å². The Labute approximate surface area is 138 Å². The Balaban J connectivity index is 2.43. The summed E-state index contributed by atoms with van der Waals surface area (Å²) in [5.74, 6) is 0.590. The van der Waals surface area contributed by atoms with Crippen LogP contribution >= 0.6 is 0 Å². The highest BCUT2D eigenvalue weighted by Crippen LogP contribution is 2.16. The standard InChI is InChI=1S/C17H29FN4O/c1-5-19-17(21-14(2)13-23-4)20-11-8-12-22(3)16-10-7-6-9-15(16)18/h6-7,9-10,14H,5,8,11-13H2,1-4H3,(H2,19,20,21). The van der Waals surface area contributed by atoms with Crippen molar-refractivity contribution in [2.45, 2.75) is 26.3 Å². The number of ether oxygens (including phenoxy) is 1. The molecular formula is C17H29FN4O. The molecule has 5 nitrogen and oxygen atoms in total. The van der Waals surface area contributed by atoms with E-state index < -0.39 is 0 Å². The molecule has 0 fully saturated rings. The predicted molar refractivity (Wildman–Crippen MR) is 94.7 cm³/mol. The fraction of sp³-hybridized carbons (Fsp3) is 0.588. The molecule has 130 valence electrons. The minimum absolute atomic E-state index is 0.193. The van der Waals surface area contributed by atoms with E-state index in [0.717, 1.165) is 25.5 Å². The van der Waals surface area contributed by atoms with E-state index in [4.69, 9.17) is 4.74 Å². The number of anilines is 1. The number of benzene rings is 1. The second-order valence-electron chi connectivity index (χ2n) is 5.49. The van der Waals surface area contributed by atoms with Crippen molar-refractivity contribution in [1.29, 1.82) is 0 Å². The van der Waals surface area contributed by atoms with E-state index in [1.165, 1.54) is 6.07 Å². The Hall–Kier alpha value is -1.82. The molecular weight excluding hydrogens is 295 g/mol. The number of nitrogens with zero attached hydrogens (tertiary/aromatic N) is 2. The molecule has 1 rings (SSSR count). The van der Waals surface area contributed by atoms with Crippen molar-refractivity contribution >= 4 is 11.6 Å². The van der Waals surface area contributed by atoms with Gasteiger partial charge in [-0.15, -0.1) is 0 Å². The number of rotatable bonds is 9. The smallest absolute Gasteiger partial charge is 0.191 e. The summed E-state index contributed by atoms with van der Waals surface area (Å²) < 4.78 is 18.8. The number of halogens is 1. The van der Waals surface area contributed by atoms with Gasteiger partial charge in [0.2, 0.25) is 0 Å². The zero-order valence-electron chi connectivity index (χ0n) is 14.6. The summed E-state index contributed by atoms with van der Waals surface area (Å²) in [4.78, 5) is 6.46. The van der Waals surface area contributed by atoms with Gasteiger partial charge in [0, 0.05) is 39.8 Å². The molecule has 6 heteroatoms. The van der Waals surface area contributed by atoms with Gasteiger partial charge in [0.25, 0.3) is 0 Å². The topological polar surface area (TPSA) is 48.9 Å². The first-order chi connectivity index (χ1) is 11.1. The molecule has 1 aromatic rings. The Bertz CT molecular complexity index is 481. The van der Waals surface area contributed by atoms with Crippen LogP contribution in [0.1, 0.15) is 20.3 Å². The van der Waals surface area contributed by atoms with Crippen LogP contribution in [-0.4, -0.2) is 52.4 Å². The van der Waals surface area contributed by atoms with E-state index in [0.29, 0.717) is 18.8 Å². The average molecular weight is 324 g/mol. The molecule has 1 atom stereocenters. The molecule has 0 heterocycles. The first kappa shape index (κ1) is 19.2. The number of hydrogen-bond acceptors (Lipinski definition) is 3. The zero-order chi connectivity index (χ0) is 17.1. The quantitative estimate of drug-likeness (QED) is 0.415. The molecule has 0 aliphatic rings. The van der Waals surface area contributed by atoms with Crippen LogP contribution < -0.4 is 15.5 Å². The van der Waals surface area contributed by atoms with Crippen LogP contribution in [-0.2, 0) is 4.74 Å². The third kappa shape index (κ3) is 7.32. The van der Waals surface area contributed by atoms with Crippen molar-refractivity contribution in [3.63, 3.8) is 0 Å². The van der Waals surface area contributed by atoms with Gasteiger partial charge in [-0.1, -0.05) is 12.1 Å². The molecule has 0 radical (unpaired) electrons. The van der Waals surface area contributed by atoms with Gasteiger partial charge in [0.05, 0.1) is 12.3 Å². The third-order valence-corrected chi connectivity index (χ3v) is 3.33. The van der Waals surface area contributed by atoms with E-state index in [9.17, 15) is 4.39 Å². The number of para-hydroxylation sites is 1. The highest BCUT2D eigenvalue weighted by atomic mass is 19.1. The van der Waals surface area contributed by atoms with Crippen LogP contribution in [0.15, 0.2) is 29.3 Å². The minimum atomic E-state index is -0.193. The number of aliphatic imine (C=N–C) groups is 1. The summed E-state index contributed by atoms with van der Waals surface area (Å²) in [7, 11) is 3.58. The summed E-state index contributed by atoms with van der Waals surface area (Å²) in [6.07, 6.45) is 0.847. The van der Waals surface area contributed by atoms with Gasteiger partial charge in [-0.2, -0.15) is 0 Å². The molecule has 0 saturated carbocycles. The van der Waals surface area contributed by atoms with Gasteiger partial charge in [-0.3, -0.25) is 4.99 Å². The van der Waals surface area contributed by atoms with Crippen molar-refractivity contribution in [2.24, 2.45) is 4.99 Å². The van der Waals surface area contributed by atoms with Crippen LogP contribution in [0.4, 0.5) is 10.1 Å². The van der Waals surface area contributed by atoms with Crippen molar-refractivity contribution in [2.75, 3.05) is 45.3 Å². The minimum Gasteiger partial charge on any atom is -0.383 e. The van der Waals surface area contributed by atoms with Crippen LogP contribution in [0.2, 0.25) is 0 Å². The molecule has 1 aromatic carbocycles. The highest BCUT2D eigenvalue weighted by molar-refractivity contribution is 5.80. The van der Waals surface area contributed by atoms with Gasteiger partial charge in [0.15, 0.2) is 5.96 Å². The van der Waals surface area contributed by atoms with E-state index in [-0.39, 0.29) is 11.9 Å². The van der Waals surface area contributed by atoms with Crippen molar-refractivity contribution < 1.29 is 9.13 Å². The molecule has 0 amide bonds. The fourth-order valence-electron chi connectivity index (χ4n) is 2.23. The van der Waals surface area contributed by atoms with Gasteiger partial charge in [-0.05, 0) is 32.4 Å². The van der Waals surface area contributed by atoms with Crippen molar-refractivity contribution in [3.8, 4) is 0 Å². The van der Waals surface area contributed by atoms with Crippen molar-refractivity contribution in [1.82, 2.24) is 10.6 Å². The normalized spacial score (nSPS) is 12.8. The van der Waals surface area contributed by atoms with Crippen molar-refractivity contribution in [3.05, 3.63) is 30.1 Å². The van der Waals surface area contributed by atoms with Crippen LogP contribution in [0.25, 0.3) is 0 Å². The van der Waals surface area contributed by atoms with E-state index >= 15 is 0 Å². The average Bonchev–Trinajstić information content (AvgIpc) is 2.52. The molecule has 0 aliphatic carbocycles. The zero-order valence-corrected chi connectivity index (χ0v) is 14.6. The molecule has 2 N–H and O–H groups in total. The Morgan fingerprint density at radius 1 is 1.39 bits per heavy atom. The first-order valence-electron chi connectivity index (χ1n) is 8.08. The number of methoxy groups -OCH3 is 1. The molecule has 23 heavy (non-hydrogen) atoms. The Morgan fingerprint density at radius 3 is 2.78 bits per heavy atom. The largest absolute Gasteiger partial charge is 0.383 e. The lowest BCUT2D eigenvalue weighted by Gasteiger charge is -2.20. The van der Waals surface area contributed by atoms with Crippen LogP contribution in [0, 0.1) is 5.82 Å². The van der Waals surface area contributed by atoms with Crippen LogP contribution in [0.5, 0.6) is 0 Å². The van der Waals surface area contributed by atoms with E-state index in [1.54, 1.807) is 19.2 Å². The maximum Gasteiger partial charge on any atom is 0.191 e. The summed E-state index contributed by atoms with van der Waals surface area (Å²) in [5, 5.41) is 6.50. The second kappa shape index (κ2) is 10.8. The monoisotopic (exact) mass is 324 g/mol. The summed E-state index contributed by atoms with van der Waals surface area (Å²) >= 11 is 0. The number of hydrogen-bond donors (Lipinski definition) is 2. The number of nitrogens with one attached hydrogen (secondary N) is 2. The lowest BCUT2D eigenvalue weighted by atomic mass is 10.2. The molecule has 1 unspecified atom stereocenters.